The summed E-state index contributed by atoms with van der Waals surface area (Å²) in [5, 5.41) is 0. The Morgan fingerprint density at radius 2 is 1.65 bits per heavy atom. The van der Waals surface area contributed by atoms with Gasteiger partial charge in [-0.25, -0.2) is 4.39 Å². The van der Waals surface area contributed by atoms with Gasteiger partial charge in [-0.05, 0) is 29.8 Å². The van der Waals surface area contributed by atoms with E-state index in [1.54, 1.807) is 23.9 Å². The average Bonchev–Trinajstić information content (AvgIpc) is 2.38. The first-order valence-corrected chi connectivity index (χ1v) is 6.34. The molecule has 0 N–H and O–H groups in total. The van der Waals surface area contributed by atoms with Gasteiger partial charge in [0, 0.05) is 15.3 Å². The van der Waals surface area contributed by atoms with Gasteiger partial charge in [-0.3, -0.25) is 0 Å². The molecule has 0 aliphatic carbocycles. The molecular weight excluding hydrogens is 255 g/mol. The fraction of sp³-hybridized carbons (Fsp3) is 0. The van der Waals surface area contributed by atoms with Crippen molar-refractivity contribution in [1.29, 1.82) is 0 Å². The van der Waals surface area contributed by atoms with Gasteiger partial charge in [0.25, 0.3) is 0 Å². The first kappa shape index (κ1) is 12.2. The number of rotatable bonds is 3. The standard InChI is InChI=1S/C14H10ClFS/c15-10-14(11-6-8-12(16)9-7-11)17-13-4-2-1-3-5-13/h1-10H/b14-10+. The van der Waals surface area contributed by atoms with Gasteiger partial charge in [-0.15, -0.1) is 0 Å². The summed E-state index contributed by atoms with van der Waals surface area (Å²) in [7, 11) is 0. The van der Waals surface area contributed by atoms with Crippen LogP contribution >= 0.6 is 23.4 Å². The minimum Gasteiger partial charge on any atom is -0.207 e. The van der Waals surface area contributed by atoms with E-state index in [0.29, 0.717) is 0 Å². The maximum atomic E-state index is 12.8. The Bertz CT molecular complexity index is 506. The first-order valence-electron chi connectivity index (χ1n) is 5.09. The molecule has 2 aromatic carbocycles. The van der Waals surface area contributed by atoms with Gasteiger partial charge in [0.05, 0.1) is 0 Å². The van der Waals surface area contributed by atoms with Crippen LogP contribution in [0, 0.1) is 5.82 Å². The molecule has 0 aromatic heterocycles. The molecule has 0 aliphatic rings. The van der Waals surface area contributed by atoms with Gasteiger partial charge in [0.15, 0.2) is 0 Å². The molecule has 3 heteroatoms. The van der Waals surface area contributed by atoms with Crippen LogP contribution < -0.4 is 0 Å². The average molecular weight is 265 g/mol. The summed E-state index contributed by atoms with van der Waals surface area (Å²) in [6.45, 7) is 0. The van der Waals surface area contributed by atoms with Crippen molar-refractivity contribution in [2.75, 3.05) is 0 Å². The largest absolute Gasteiger partial charge is 0.207 e. The summed E-state index contributed by atoms with van der Waals surface area (Å²) >= 11 is 7.37. The molecule has 0 radical (unpaired) electrons. The molecule has 0 aliphatic heterocycles. The van der Waals surface area contributed by atoms with Crippen molar-refractivity contribution in [3.8, 4) is 0 Å². The lowest BCUT2D eigenvalue weighted by Gasteiger charge is -2.06. The van der Waals surface area contributed by atoms with Crippen molar-refractivity contribution >= 4 is 28.3 Å². The molecule has 17 heavy (non-hydrogen) atoms. The molecule has 0 amide bonds. The minimum absolute atomic E-state index is 0.243. The molecule has 2 aromatic rings. The van der Waals surface area contributed by atoms with E-state index in [0.717, 1.165) is 15.4 Å². The molecule has 0 heterocycles. The smallest absolute Gasteiger partial charge is 0.123 e. The third-order valence-electron chi connectivity index (χ3n) is 2.20. The van der Waals surface area contributed by atoms with Crippen LogP contribution in [0.25, 0.3) is 4.91 Å². The van der Waals surface area contributed by atoms with Crippen molar-refractivity contribution in [3.63, 3.8) is 0 Å². The van der Waals surface area contributed by atoms with E-state index in [1.165, 1.54) is 17.7 Å². The summed E-state index contributed by atoms with van der Waals surface area (Å²) in [5.41, 5.74) is 2.43. The summed E-state index contributed by atoms with van der Waals surface area (Å²) in [6.07, 6.45) is 0. The normalized spacial score (nSPS) is 11.5. The van der Waals surface area contributed by atoms with Crippen molar-refractivity contribution in [2.45, 2.75) is 4.90 Å². The highest BCUT2D eigenvalue weighted by Gasteiger charge is 2.03. The van der Waals surface area contributed by atoms with Crippen molar-refractivity contribution in [3.05, 3.63) is 71.5 Å². The topological polar surface area (TPSA) is 0 Å². The van der Waals surface area contributed by atoms with E-state index < -0.39 is 0 Å². The zero-order valence-electron chi connectivity index (χ0n) is 8.94. The predicted molar refractivity (Wildman–Crippen MR) is 72.5 cm³/mol. The SMILES string of the molecule is Fc1ccc(/C(=C\Cl)Sc2ccccc2)cc1. The van der Waals surface area contributed by atoms with Gasteiger partial charge < -0.3 is 0 Å². The maximum Gasteiger partial charge on any atom is 0.123 e. The zero-order chi connectivity index (χ0) is 12.1. The second kappa shape index (κ2) is 5.89. The first-order chi connectivity index (χ1) is 8.29. The van der Waals surface area contributed by atoms with Gasteiger partial charge >= 0.3 is 0 Å². The third kappa shape index (κ3) is 3.35. The molecule has 0 atom stereocenters. The Morgan fingerprint density at radius 1 is 1.00 bits per heavy atom. The Hall–Kier alpha value is -1.25. The van der Waals surface area contributed by atoms with E-state index in [9.17, 15) is 4.39 Å². The summed E-state index contributed by atoms with van der Waals surface area (Å²) in [4.78, 5) is 2.00. The van der Waals surface area contributed by atoms with Crippen LogP contribution in [0.4, 0.5) is 4.39 Å². The van der Waals surface area contributed by atoms with E-state index in [2.05, 4.69) is 0 Å². The van der Waals surface area contributed by atoms with Gasteiger partial charge in [0.1, 0.15) is 5.82 Å². The second-order valence-corrected chi connectivity index (χ2v) is 4.73. The fourth-order valence-corrected chi connectivity index (χ4v) is 2.48. The summed E-state index contributed by atoms with van der Waals surface area (Å²) in [5.74, 6) is -0.243. The van der Waals surface area contributed by atoms with Gasteiger partial charge in [-0.1, -0.05) is 53.7 Å². The number of halogens is 2. The van der Waals surface area contributed by atoms with E-state index in [-0.39, 0.29) is 5.82 Å². The minimum atomic E-state index is -0.243. The quantitative estimate of drug-likeness (QED) is 0.691. The lowest BCUT2D eigenvalue weighted by atomic mass is 10.2. The number of hydrogen-bond acceptors (Lipinski definition) is 1. The molecule has 0 unspecified atom stereocenters. The molecule has 0 nitrogen and oxygen atoms in total. The van der Waals surface area contributed by atoms with Crippen LogP contribution in [-0.4, -0.2) is 0 Å². The van der Waals surface area contributed by atoms with Crippen LogP contribution in [0.3, 0.4) is 0 Å². The number of thioether (sulfide) groups is 1. The molecule has 86 valence electrons. The zero-order valence-corrected chi connectivity index (χ0v) is 10.5. The summed E-state index contributed by atoms with van der Waals surface area (Å²) in [6, 6.07) is 16.2. The molecule has 0 spiro atoms. The monoisotopic (exact) mass is 264 g/mol. The van der Waals surface area contributed by atoms with Crippen LogP contribution in [0.5, 0.6) is 0 Å². The molecule has 0 bridgehead atoms. The molecule has 0 saturated carbocycles. The third-order valence-corrected chi connectivity index (χ3v) is 3.63. The fourth-order valence-electron chi connectivity index (χ4n) is 1.37. The van der Waals surface area contributed by atoms with E-state index in [1.807, 2.05) is 30.3 Å². The van der Waals surface area contributed by atoms with Crippen LogP contribution in [-0.2, 0) is 0 Å². The number of benzene rings is 2. The molecular formula is C14H10ClFS. The summed E-state index contributed by atoms with van der Waals surface area (Å²) < 4.78 is 12.8. The van der Waals surface area contributed by atoms with Crippen LogP contribution in [0.15, 0.2) is 65.0 Å². The lowest BCUT2D eigenvalue weighted by Crippen LogP contribution is -1.81. The Labute approximate surface area is 109 Å². The molecule has 0 saturated heterocycles. The molecule has 0 fully saturated rings. The Balaban J connectivity index is 2.21. The highest BCUT2D eigenvalue weighted by Crippen LogP contribution is 2.34. The van der Waals surface area contributed by atoms with Crippen LogP contribution in [0.2, 0.25) is 0 Å². The lowest BCUT2D eigenvalue weighted by molar-refractivity contribution is 0.628. The van der Waals surface area contributed by atoms with Crippen molar-refractivity contribution in [2.24, 2.45) is 0 Å². The molecule has 2 rings (SSSR count). The van der Waals surface area contributed by atoms with Crippen molar-refractivity contribution < 1.29 is 4.39 Å². The Kier molecular flexibility index (Phi) is 4.24. The van der Waals surface area contributed by atoms with E-state index in [4.69, 9.17) is 11.6 Å². The van der Waals surface area contributed by atoms with Crippen molar-refractivity contribution in [1.82, 2.24) is 0 Å². The van der Waals surface area contributed by atoms with E-state index >= 15 is 0 Å². The van der Waals surface area contributed by atoms with Gasteiger partial charge in [0.2, 0.25) is 0 Å². The van der Waals surface area contributed by atoms with Crippen LogP contribution in [0.1, 0.15) is 5.56 Å². The maximum absolute atomic E-state index is 12.8. The predicted octanol–water partition coefficient (Wildman–Crippen LogP) is 5.16. The second-order valence-electron chi connectivity index (χ2n) is 3.40. The Morgan fingerprint density at radius 3 is 2.24 bits per heavy atom. The highest BCUT2D eigenvalue weighted by atomic mass is 35.5. The van der Waals surface area contributed by atoms with Gasteiger partial charge in [-0.2, -0.15) is 0 Å². The highest BCUT2D eigenvalue weighted by molar-refractivity contribution is 8.08. The number of hydrogen-bond donors (Lipinski definition) is 0.